The Morgan fingerprint density at radius 1 is 1.63 bits per heavy atom. The number of ether oxygens (including phenoxy) is 1. The number of aromatic nitrogens is 3. The van der Waals surface area contributed by atoms with Crippen molar-refractivity contribution < 1.29 is 14.6 Å². The second-order valence-corrected chi connectivity index (χ2v) is 5.84. The Kier molecular flexibility index (Phi) is 2.92. The molecule has 3 heterocycles. The first-order valence-corrected chi connectivity index (χ1v) is 7.06. The van der Waals surface area contributed by atoms with Crippen molar-refractivity contribution in [1.82, 2.24) is 14.5 Å². The Bertz CT molecular complexity index is 712. The second kappa shape index (κ2) is 4.47. The van der Waals surface area contributed by atoms with Crippen LogP contribution in [0.5, 0.6) is 0 Å². The molecule has 19 heavy (non-hydrogen) atoms. The van der Waals surface area contributed by atoms with E-state index in [0.29, 0.717) is 16.1 Å². The Balaban J connectivity index is 2.06. The number of anilines is 1. The minimum absolute atomic E-state index is 0.0551. The summed E-state index contributed by atoms with van der Waals surface area (Å²) in [5, 5.41) is 8.88. The zero-order valence-electron chi connectivity index (χ0n) is 9.35. The lowest BCUT2D eigenvalue weighted by Gasteiger charge is -2.11. The van der Waals surface area contributed by atoms with Crippen LogP contribution in [0.4, 0.5) is 5.95 Å². The number of nitrogens with zero attached hydrogens (tertiary/aromatic N) is 3. The maximum atomic E-state index is 11.9. The van der Waals surface area contributed by atoms with Crippen molar-refractivity contribution >= 4 is 45.4 Å². The number of thioether (sulfide) groups is 1. The summed E-state index contributed by atoms with van der Waals surface area (Å²) in [6.07, 6.45) is 0.818. The predicted molar refractivity (Wildman–Crippen MR) is 70.1 cm³/mol. The summed E-state index contributed by atoms with van der Waals surface area (Å²) in [5.74, 6) is -0.638. The molecule has 3 N–H and O–H groups in total. The molecule has 100 valence electrons. The van der Waals surface area contributed by atoms with Crippen LogP contribution >= 0.6 is 23.1 Å². The van der Waals surface area contributed by atoms with E-state index < -0.39 is 17.6 Å². The van der Waals surface area contributed by atoms with Crippen molar-refractivity contribution in [2.45, 2.75) is 11.7 Å². The Hall–Kier alpha value is -1.65. The zero-order valence-corrected chi connectivity index (χ0v) is 11.0. The van der Waals surface area contributed by atoms with E-state index >= 15 is 0 Å². The molecule has 0 aliphatic carbocycles. The number of hydrogen-bond acceptors (Lipinski definition) is 8. The molecule has 1 aliphatic heterocycles. The highest BCUT2D eigenvalue weighted by molar-refractivity contribution is 8.00. The van der Waals surface area contributed by atoms with Gasteiger partial charge in [-0.15, -0.1) is 11.8 Å². The third kappa shape index (κ3) is 2.07. The molecule has 10 heteroatoms. The van der Waals surface area contributed by atoms with Gasteiger partial charge in [-0.1, -0.05) is 11.3 Å². The third-order valence-corrected chi connectivity index (χ3v) is 4.51. The third-order valence-electron chi connectivity index (χ3n) is 2.54. The van der Waals surface area contributed by atoms with Crippen molar-refractivity contribution in [2.75, 3.05) is 11.5 Å². The Labute approximate surface area is 114 Å². The van der Waals surface area contributed by atoms with E-state index in [9.17, 15) is 9.59 Å². The molecule has 0 radical (unpaired) electrons. The van der Waals surface area contributed by atoms with Gasteiger partial charge in [0.2, 0.25) is 11.4 Å². The normalized spacial score (nSPS) is 22.9. The predicted octanol–water partition coefficient (Wildman–Crippen LogP) is 0.108. The largest absolute Gasteiger partial charge is 0.479 e. The van der Waals surface area contributed by atoms with Gasteiger partial charge >= 0.3 is 10.8 Å². The number of thiazole rings is 1. The van der Waals surface area contributed by atoms with E-state index in [0.717, 1.165) is 23.1 Å². The molecule has 8 nitrogen and oxygen atoms in total. The van der Waals surface area contributed by atoms with Crippen molar-refractivity contribution in [3.63, 3.8) is 0 Å². The average molecular weight is 300 g/mol. The SMILES string of the molecule is Nc1ncc2sc(=O)n(C3CS[C@@H](C(=O)O)O3)c2n1. The number of rotatable bonds is 2. The highest BCUT2D eigenvalue weighted by Crippen LogP contribution is 2.33. The molecule has 2 atom stereocenters. The molecular weight excluding hydrogens is 292 g/mol. The number of carbonyl (C=O) groups is 1. The molecule has 1 saturated heterocycles. The van der Waals surface area contributed by atoms with E-state index in [4.69, 9.17) is 15.6 Å². The molecule has 0 bridgehead atoms. The lowest BCUT2D eigenvalue weighted by Crippen LogP contribution is -2.24. The molecule has 2 aromatic rings. The number of carboxylic acids is 1. The molecular formula is C9H8N4O4S2. The van der Waals surface area contributed by atoms with Crippen LogP contribution in [0.25, 0.3) is 10.3 Å². The molecule has 3 rings (SSSR count). The van der Waals surface area contributed by atoms with Gasteiger partial charge in [0, 0.05) is 5.75 Å². The number of fused-ring (bicyclic) bond motifs is 1. The van der Waals surface area contributed by atoms with E-state index in [1.165, 1.54) is 10.8 Å². The molecule has 0 saturated carbocycles. The fraction of sp³-hybridized carbons (Fsp3) is 0.333. The topological polar surface area (TPSA) is 120 Å². The van der Waals surface area contributed by atoms with E-state index in [-0.39, 0.29) is 10.8 Å². The van der Waals surface area contributed by atoms with Gasteiger partial charge in [-0.2, -0.15) is 4.98 Å². The summed E-state index contributed by atoms with van der Waals surface area (Å²) >= 11 is 2.10. The number of aliphatic carboxylic acids is 1. The summed E-state index contributed by atoms with van der Waals surface area (Å²) in [5.41, 5.74) is 4.91. The molecule has 0 aromatic carbocycles. The molecule has 1 unspecified atom stereocenters. The summed E-state index contributed by atoms with van der Waals surface area (Å²) in [6.45, 7) is 0. The number of nitrogen functional groups attached to an aromatic ring is 1. The van der Waals surface area contributed by atoms with Gasteiger partial charge in [0.25, 0.3) is 0 Å². The lowest BCUT2D eigenvalue weighted by molar-refractivity contribution is -0.147. The van der Waals surface area contributed by atoms with Crippen LogP contribution < -0.4 is 10.6 Å². The smallest absolute Gasteiger partial charge is 0.343 e. The first-order valence-electron chi connectivity index (χ1n) is 5.19. The first kappa shape index (κ1) is 12.4. The number of nitrogens with two attached hydrogens (primary N) is 1. The summed E-state index contributed by atoms with van der Waals surface area (Å²) in [4.78, 5) is 30.4. The summed E-state index contributed by atoms with van der Waals surface area (Å²) in [7, 11) is 0. The fourth-order valence-electron chi connectivity index (χ4n) is 1.76. The van der Waals surface area contributed by atoms with E-state index in [2.05, 4.69) is 9.97 Å². The maximum Gasteiger partial charge on any atom is 0.343 e. The van der Waals surface area contributed by atoms with Crippen molar-refractivity contribution in [3.05, 3.63) is 15.9 Å². The molecule has 2 aromatic heterocycles. The number of hydrogen-bond donors (Lipinski definition) is 2. The first-order chi connectivity index (χ1) is 9.06. The van der Waals surface area contributed by atoms with Crippen molar-refractivity contribution in [1.29, 1.82) is 0 Å². The number of carboxylic acid groups (broad SMARTS) is 1. The molecule has 1 aliphatic rings. The maximum absolute atomic E-state index is 11.9. The van der Waals surface area contributed by atoms with Gasteiger partial charge in [-0.05, 0) is 0 Å². The highest BCUT2D eigenvalue weighted by Gasteiger charge is 2.34. The van der Waals surface area contributed by atoms with Crippen LogP contribution in [0.15, 0.2) is 11.0 Å². The van der Waals surface area contributed by atoms with Gasteiger partial charge in [-0.25, -0.2) is 9.78 Å². The average Bonchev–Trinajstić information content (AvgIpc) is 2.92. The van der Waals surface area contributed by atoms with Crippen LogP contribution in [0.3, 0.4) is 0 Å². The van der Waals surface area contributed by atoms with Gasteiger partial charge in [0.05, 0.1) is 10.9 Å². The summed E-state index contributed by atoms with van der Waals surface area (Å²) < 4.78 is 7.24. The van der Waals surface area contributed by atoms with Crippen molar-refractivity contribution in [2.24, 2.45) is 0 Å². The van der Waals surface area contributed by atoms with Crippen molar-refractivity contribution in [3.8, 4) is 0 Å². The second-order valence-electron chi connectivity index (χ2n) is 3.75. The van der Waals surface area contributed by atoms with E-state index in [1.54, 1.807) is 0 Å². The van der Waals surface area contributed by atoms with Crippen LogP contribution in [-0.4, -0.2) is 36.8 Å². The molecule has 1 fully saturated rings. The van der Waals surface area contributed by atoms with Gasteiger partial charge < -0.3 is 15.6 Å². The standard InChI is InChI=1S/C9H8N4O4S2/c10-8-11-1-3-5(12-8)13(9(16)19-3)4-2-18-7(17-4)6(14)15/h1,4,7H,2H2,(H,14,15)(H2,10,11,12)/t4?,7-/m0/s1. The zero-order chi connectivity index (χ0) is 13.6. The van der Waals surface area contributed by atoms with Crippen LogP contribution in [-0.2, 0) is 9.53 Å². The Morgan fingerprint density at radius 3 is 3.11 bits per heavy atom. The molecule has 0 spiro atoms. The van der Waals surface area contributed by atoms with Crippen LogP contribution in [0.1, 0.15) is 6.23 Å². The van der Waals surface area contributed by atoms with Crippen LogP contribution in [0.2, 0.25) is 0 Å². The highest BCUT2D eigenvalue weighted by atomic mass is 32.2. The minimum Gasteiger partial charge on any atom is -0.479 e. The van der Waals surface area contributed by atoms with E-state index in [1.807, 2.05) is 0 Å². The van der Waals surface area contributed by atoms with Gasteiger partial charge in [0.15, 0.2) is 11.9 Å². The lowest BCUT2D eigenvalue weighted by atomic mass is 10.5. The Morgan fingerprint density at radius 2 is 2.42 bits per heavy atom. The van der Waals surface area contributed by atoms with Gasteiger partial charge in [0.1, 0.15) is 0 Å². The summed E-state index contributed by atoms with van der Waals surface area (Å²) in [6, 6.07) is 0. The fourth-order valence-corrected chi connectivity index (χ4v) is 3.51. The monoisotopic (exact) mass is 300 g/mol. The quantitative estimate of drug-likeness (QED) is 0.801. The van der Waals surface area contributed by atoms with Gasteiger partial charge in [-0.3, -0.25) is 9.36 Å². The minimum atomic E-state index is -1.06. The van der Waals surface area contributed by atoms with Crippen LogP contribution in [0, 0.1) is 0 Å². The molecule has 0 amide bonds.